The molecule has 0 fully saturated rings. The van der Waals surface area contributed by atoms with Crippen molar-refractivity contribution in [2.45, 2.75) is 6.54 Å². The zero-order chi connectivity index (χ0) is 10.7. The van der Waals surface area contributed by atoms with Crippen LogP contribution in [-0.2, 0) is 6.54 Å². The molecule has 2 heteroatoms. The van der Waals surface area contributed by atoms with E-state index in [2.05, 4.69) is 0 Å². The van der Waals surface area contributed by atoms with Crippen LogP contribution in [-0.4, -0.2) is 0 Å². The lowest BCUT2D eigenvalue weighted by Crippen LogP contribution is -1.98. The Hall–Kier alpha value is -1.80. The van der Waals surface area contributed by atoms with E-state index >= 15 is 0 Å². The van der Waals surface area contributed by atoms with Gasteiger partial charge >= 0.3 is 0 Å². The van der Waals surface area contributed by atoms with Gasteiger partial charge in [-0.25, -0.2) is 0 Å². The Balaban J connectivity index is 2.46. The lowest BCUT2D eigenvalue weighted by atomic mass is 10.0. The second kappa shape index (κ2) is 4.15. The normalized spacial score (nSPS) is 10.2. The van der Waals surface area contributed by atoms with Gasteiger partial charge < -0.3 is 11.5 Å². The molecule has 2 rings (SSSR count). The summed E-state index contributed by atoms with van der Waals surface area (Å²) in [4.78, 5) is 0. The van der Waals surface area contributed by atoms with Crippen LogP contribution in [0.3, 0.4) is 0 Å². The molecule has 0 aliphatic heterocycles. The fourth-order valence-corrected chi connectivity index (χ4v) is 1.62. The van der Waals surface area contributed by atoms with E-state index in [1.54, 1.807) is 0 Å². The average molecular weight is 198 g/mol. The zero-order valence-corrected chi connectivity index (χ0v) is 8.48. The highest BCUT2D eigenvalue weighted by Crippen LogP contribution is 2.26. The maximum atomic E-state index is 5.97. The third-order valence-corrected chi connectivity index (χ3v) is 2.44. The van der Waals surface area contributed by atoms with Crippen LogP contribution in [0.25, 0.3) is 11.1 Å². The highest BCUT2D eigenvalue weighted by Gasteiger charge is 2.01. The highest BCUT2D eigenvalue weighted by molar-refractivity contribution is 5.76. The molecule has 0 spiro atoms. The third-order valence-electron chi connectivity index (χ3n) is 2.44. The van der Waals surface area contributed by atoms with Crippen LogP contribution >= 0.6 is 0 Å². The summed E-state index contributed by atoms with van der Waals surface area (Å²) >= 11 is 0. The van der Waals surface area contributed by atoms with Crippen molar-refractivity contribution in [2.75, 3.05) is 5.73 Å². The lowest BCUT2D eigenvalue weighted by molar-refractivity contribution is 1.07. The molecule has 2 aromatic rings. The fraction of sp³-hybridized carbons (Fsp3) is 0.0769. The van der Waals surface area contributed by atoms with Gasteiger partial charge in [0.1, 0.15) is 0 Å². The molecule has 0 unspecified atom stereocenters. The summed E-state index contributed by atoms with van der Waals surface area (Å²) in [5.41, 5.74) is 15.6. The monoisotopic (exact) mass is 198 g/mol. The number of rotatable bonds is 2. The Morgan fingerprint density at radius 2 is 1.67 bits per heavy atom. The van der Waals surface area contributed by atoms with Gasteiger partial charge in [0.25, 0.3) is 0 Å². The summed E-state index contributed by atoms with van der Waals surface area (Å²) in [6, 6.07) is 16.1. The molecule has 0 saturated heterocycles. The second-order valence-corrected chi connectivity index (χ2v) is 3.49. The maximum Gasteiger partial charge on any atom is 0.0396 e. The molecule has 2 aromatic carbocycles. The summed E-state index contributed by atoms with van der Waals surface area (Å²) in [6.07, 6.45) is 0. The largest absolute Gasteiger partial charge is 0.398 e. The molecule has 2 nitrogen and oxygen atoms in total. The van der Waals surface area contributed by atoms with Gasteiger partial charge in [-0.3, -0.25) is 0 Å². The number of hydrogen-bond acceptors (Lipinski definition) is 2. The smallest absolute Gasteiger partial charge is 0.0396 e. The first kappa shape index (κ1) is 9.74. The minimum atomic E-state index is 0.527. The van der Waals surface area contributed by atoms with E-state index in [1.165, 1.54) is 0 Å². The maximum absolute atomic E-state index is 5.97. The van der Waals surface area contributed by atoms with Gasteiger partial charge in [0.05, 0.1) is 0 Å². The van der Waals surface area contributed by atoms with Gasteiger partial charge in [0, 0.05) is 17.8 Å². The molecular formula is C13H14N2. The number of benzene rings is 2. The summed E-state index contributed by atoms with van der Waals surface area (Å²) in [7, 11) is 0. The Bertz CT molecular complexity index is 449. The molecule has 0 heterocycles. The minimum Gasteiger partial charge on any atom is -0.398 e. The van der Waals surface area contributed by atoms with E-state index < -0.39 is 0 Å². The van der Waals surface area contributed by atoms with E-state index in [4.69, 9.17) is 11.5 Å². The average Bonchev–Trinajstić information content (AvgIpc) is 2.30. The van der Waals surface area contributed by atoms with Crippen LogP contribution in [0.2, 0.25) is 0 Å². The molecule has 0 saturated carbocycles. The molecule has 4 N–H and O–H groups in total. The van der Waals surface area contributed by atoms with Crippen LogP contribution in [0.4, 0.5) is 5.69 Å². The van der Waals surface area contributed by atoms with E-state index in [-0.39, 0.29) is 0 Å². The van der Waals surface area contributed by atoms with Crippen molar-refractivity contribution in [2.24, 2.45) is 5.73 Å². The predicted molar refractivity (Wildman–Crippen MR) is 64.2 cm³/mol. The van der Waals surface area contributed by atoms with Gasteiger partial charge in [0.2, 0.25) is 0 Å². The number of anilines is 1. The Morgan fingerprint density at radius 1 is 0.933 bits per heavy atom. The molecule has 0 radical (unpaired) electrons. The molecule has 0 aliphatic rings. The van der Waals surface area contributed by atoms with Gasteiger partial charge in [-0.2, -0.15) is 0 Å². The van der Waals surface area contributed by atoms with E-state index in [9.17, 15) is 0 Å². The first-order valence-electron chi connectivity index (χ1n) is 4.95. The molecule has 0 bridgehead atoms. The standard InChI is InChI=1S/C13H14N2/c14-9-10-6-7-12(13(15)8-10)11-4-2-1-3-5-11/h1-8H,9,14-15H2. The SMILES string of the molecule is NCc1ccc(-c2ccccc2)c(N)c1. The molecule has 15 heavy (non-hydrogen) atoms. The molecule has 0 atom stereocenters. The molecule has 0 aromatic heterocycles. The first-order chi connectivity index (χ1) is 7.31. The summed E-state index contributed by atoms with van der Waals surface area (Å²) in [6.45, 7) is 0.527. The second-order valence-electron chi connectivity index (χ2n) is 3.49. The molecule has 76 valence electrons. The number of nitrogen functional groups attached to an aromatic ring is 1. The van der Waals surface area contributed by atoms with Crippen molar-refractivity contribution in [3.8, 4) is 11.1 Å². The lowest BCUT2D eigenvalue weighted by Gasteiger charge is -2.07. The van der Waals surface area contributed by atoms with Crippen molar-refractivity contribution in [3.05, 3.63) is 54.1 Å². The summed E-state index contributed by atoms with van der Waals surface area (Å²) < 4.78 is 0. The first-order valence-corrected chi connectivity index (χ1v) is 4.95. The van der Waals surface area contributed by atoms with Crippen LogP contribution in [0.5, 0.6) is 0 Å². The summed E-state index contributed by atoms with van der Waals surface area (Å²) in [5, 5.41) is 0. The van der Waals surface area contributed by atoms with Gasteiger partial charge in [-0.15, -0.1) is 0 Å². The molecule has 0 amide bonds. The van der Waals surface area contributed by atoms with Crippen molar-refractivity contribution in [1.29, 1.82) is 0 Å². The third kappa shape index (κ3) is 2.00. The highest BCUT2D eigenvalue weighted by atomic mass is 14.6. The van der Waals surface area contributed by atoms with E-state index in [1.807, 2.05) is 48.5 Å². The Labute approximate surface area is 89.5 Å². The van der Waals surface area contributed by atoms with Crippen LogP contribution in [0.1, 0.15) is 5.56 Å². The van der Waals surface area contributed by atoms with Crippen LogP contribution in [0, 0.1) is 0 Å². The number of nitrogens with two attached hydrogens (primary N) is 2. The Kier molecular flexibility index (Phi) is 2.70. The van der Waals surface area contributed by atoms with Gasteiger partial charge in [0.15, 0.2) is 0 Å². The van der Waals surface area contributed by atoms with E-state index in [0.29, 0.717) is 6.54 Å². The van der Waals surface area contributed by atoms with Gasteiger partial charge in [-0.05, 0) is 17.2 Å². The fourth-order valence-electron chi connectivity index (χ4n) is 1.62. The van der Waals surface area contributed by atoms with Crippen LogP contribution < -0.4 is 11.5 Å². The zero-order valence-electron chi connectivity index (χ0n) is 8.48. The molecular weight excluding hydrogens is 184 g/mol. The topological polar surface area (TPSA) is 52.0 Å². The van der Waals surface area contributed by atoms with Crippen molar-refractivity contribution in [3.63, 3.8) is 0 Å². The predicted octanol–water partition coefficient (Wildman–Crippen LogP) is 2.39. The quantitative estimate of drug-likeness (QED) is 0.728. The van der Waals surface area contributed by atoms with Crippen molar-refractivity contribution >= 4 is 5.69 Å². The van der Waals surface area contributed by atoms with Crippen molar-refractivity contribution in [1.82, 2.24) is 0 Å². The minimum absolute atomic E-state index is 0.527. The Morgan fingerprint density at radius 3 is 2.27 bits per heavy atom. The number of hydrogen-bond donors (Lipinski definition) is 2. The summed E-state index contributed by atoms with van der Waals surface area (Å²) in [5.74, 6) is 0. The molecule has 0 aliphatic carbocycles. The van der Waals surface area contributed by atoms with E-state index in [0.717, 1.165) is 22.4 Å². The van der Waals surface area contributed by atoms with Crippen LogP contribution in [0.15, 0.2) is 48.5 Å². The van der Waals surface area contributed by atoms with Gasteiger partial charge in [-0.1, -0.05) is 42.5 Å². The van der Waals surface area contributed by atoms with Crippen molar-refractivity contribution < 1.29 is 0 Å².